The van der Waals surface area contributed by atoms with Gasteiger partial charge in [-0.1, -0.05) is 24.3 Å². The monoisotopic (exact) mass is 377 g/mol. The van der Waals surface area contributed by atoms with Gasteiger partial charge in [0.2, 0.25) is 10.0 Å². The van der Waals surface area contributed by atoms with E-state index in [4.69, 9.17) is 0 Å². The Hall–Kier alpha value is -1.84. The maximum atomic E-state index is 12.8. The van der Waals surface area contributed by atoms with Crippen molar-refractivity contribution in [3.63, 3.8) is 0 Å². The average Bonchev–Trinajstić information content (AvgIpc) is 2.98. The molecule has 130 valence electrons. The Kier molecular flexibility index (Phi) is 5.68. The van der Waals surface area contributed by atoms with E-state index >= 15 is 0 Å². The lowest BCUT2D eigenvalue weighted by atomic mass is 10.3. The minimum Gasteiger partial charge on any atom is -0.404 e. The van der Waals surface area contributed by atoms with E-state index in [2.05, 4.69) is 11.3 Å². The molecule has 1 aromatic heterocycles. The molecule has 24 heavy (non-hydrogen) atoms. The summed E-state index contributed by atoms with van der Waals surface area (Å²) in [5.74, 6) is -0.759. The third-order valence-electron chi connectivity index (χ3n) is 2.94. The fourth-order valence-corrected chi connectivity index (χ4v) is 4.28. The number of rotatable bonds is 7. The zero-order chi connectivity index (χ0) is 17.8. The summed E-state index contributed by atoms with van der Waals surface area (Å²) in [7, 11) is -4.20. The molecule has 1 heterocycles. The molecule has 0 bridgehead atoms. The second-order valence-electron chi connectivity index (χ2n) is 4.66. The molecule has 0 N–H and O–H groups in total. The van der Waals surface area contributed by atoms with Crippen molar-refractivity contribution in [2.24, 2.45) is 0 Å². The third kappa shape index (κ3) is 4.59. The summed E-state index contributed by atoms with van der Waals surface area (Å²) in [4.78, 5) is 0.218. The zero-order valence-corrected chi connectivity index (χ0v) is 14.0. The highest BCUT2D eigenvalue weighted by Gasteiger charge is 2.35. The smallest absolute Gasteiger partial charge is 0.404 e. The molecule has 0 saturated carbocycles. The number of benzene rings is 1. The highest BCUT2D eigenvalue weighted by molar-refractivity contribution is 7.89. The highest BCUT2D eigenvalue weighted by Crippen LogP contribution is 2.32. The van der Waals surface area contributed by atoms with Gasteiger partial charge in [-0.2, -0.15) is 4.31 Å². The molecule has 2 rings (SSSR count). The van der Waals surface area contributed by atoms with Gasteiger partial charge in [-0.05, 0) is 23.6 Å². The summed E-state index contributed by atoms with van der Waals surface area (Å²) in [5.41, 5.74) is 0. The number of ether oxygens (including phenoxy) is 1. The molecule has 0 atom stereocenters. The van der Waals surface area contributed by atoms with Crippen molar-refractivity contribution >= 4 is 21.4 Å². The highest BCUT2D eigenvalue weighted by atomic mass is 32.2. The number of hydrogen-bond acceptors (Lipinski definition) is 4. The molecular weight excluding hydrogens is 363 g/mol. The summed E-state index contributed by atoms with van der Waals surface area (Å²) in [5, 5.41) is 1.79. The number of alkyl halides is 3. The molecule has 0 aliphatic carbocycles. The molecule has 9 heteroatoms. The lowest BCUT2D eigenvalue weighted by Crippen LogP contribution is -2.31. The molecule has 2 aromatic rings. The van der Waals surface area contributed by atoms with Crippen molar-refractivity contribution in [1.82, 2.24) is 4.31 Å². The van der Waals surface area contributed by atoms with Gasteiger partial charge in [0.1, 0.15) is 10.6 Å². The molecule has 0 spiro atoms. The van der Waals surface area contributed by atoms with Crippen LogP contribution in [0, 0.1) is 0 Å². The van der Waals surface area contributed by atoms with Crippen LogP contribution in [0.5, 0.6) is 5.75 Å². The normalized spacial score (nSPS) is 12.3. The van der Waals surface area contributed by atoms with E-state index < -0.39 is 27.0 Å². The average molecular weight is 377 g/mol. The number of halogens is 3. The molecule has 0 aliphatic heterocycles. The quantitative estimate of drug-likeness (QED) is 0.685. The molecule has 0 amide bonds. The van der Waals surface area contributed by atoms with Crippen molar-refractivity contribution < 1.29 is 26.3 Å². The second-order valence-corrected chi connectivity index (χ2v) is 7.60. The van der Waals surface area contributed by atoms with Gasteiger partial charge >= 0.3 is 6.36 Å². The van der Waals surface area contributed by atoms with E-state index in [1.54, 1.807) is 17.5 Å². The van der Waals surface area contributed by atoms with E-state index in [-0.39, 0.29) is 13.1 Å². The van der Waals surface area contributed by atoms with Gasteiger partial charge in [0.05, 0.1) is 0 Å². The maximum absolute atomic E-state index is 12.8. The van der Waals surface area contributed by atoms with Crippen molar-refractivity contribution in [3.8, 4) is 5.75 Å². The standard InChI is InChI=1S/C15H14F3NO3S2/c1-2-9-19(11-12-6-5-10-23-12)24(20,21)14-8-4-3-7-13(14)22-15(16,17)18/h2-8,10H,1,9,11H2. The molecule has 4 nitrogen and oxygen atoms in total. The fourth-order valence-electron chi connectivity index (χ4n) is 1.98. The van der Waals surface area contributed by atoms with Crippen LogP contribution in [0.4, 0.5) is 13.2 Å². The molecule has 0 unspecified atom stereocenters. The largest absolute Gasteiger partial charge is 0.573 e. The molecule has 1 aromatic carbocycles. The topological polar surface area (TPSA) is 46.6 Å². The van der Waals surface area contributed by atoms with Crippen molar-refractivity contribution in [1.29, 1.82) is 0 Å². The number of nitrogens with zero attached hydrogens (tertiary/aromatic N) is 1. The Bertz CT molecular complexity index is 787. The van der Waals surface area contributed by atoms with Crippen LogP contribution in [0.3, 0.4) is 0 Å². The summed E-state index contributed by atoms with van der Waals surface area (Å²) >= 11 is 1.35. The minimum atomic E-state index is -4.98. The SMILES string of the molecule is C=CCN(Cc1cccs1)S(=O)(=O)c1ccccc1OC(F)(F)F. The van der Waals surface area contributed by atoms with E-state index in [0.717, 1.165) is 21.3 Å². The lowest BCUT2D eigenvalue weighted by molar-refractivity contribution is -0.275. The Labute approximate surface area is 141 Å². The van der Waals surface area contributed by atoms with Crippen LogP contribution in [0.25, 0.3) is 0 Å². The minimum absolute atomic E-state index is 0.0341. The predicted molar refractivity (Wildman–Crippen MR) is 85.2 cm³/mol. The van der Waals surface area contributed by atoms with Crippen LogP contribution in [0.15, 0.2) is 59.3 Å². The first-order valence-corrected chi connectivity index (χ1v) is 9.04. The van der Waals surface area contributed by atoms with E-state index in [1.807, 2.05) is 0 Å². The zero-order valence-electron chi connectivity index (χ0n) is 12.4. The number of hydrogen-bond donors (Lipinski definition) is 0. The molecule has 0 saturated heterocycles. The van der Waals surface area contributed by atoms with Crippen LogP contribution in [-0.2, 0) is 16.6 Å². The second kappa shape index (κ2) is 7.37. The number of sulfonamides is 1. The van der Waals surface area contributed by atoms with Crippen LogP contribution in [0.1, 0.15) is 4.88 Å². The van der Waals surface area contributed by atoms with Crippen molar-refractivity contribution in [3.05, 3.63) is 59.3 Å². The Morgan fingerprint density at radius 2 is 1.92 bits per heavy atom. The van der Waals surface area contributed by atoms with E-state index in [1.165, 1.54) is 29.5 Å². The summed E-state index contributed by atoms with van der Waals surface area (Å²) < 4.78 is 68.0. The maximum Gasteiger partial charge on any atom is 0.573 e. The Morgan fingerprint density at radius 3 is 2.50 bits per heavy atom. The first-order chi connectivity index (χ1) is 11.2. The summed E-state index contributed by atoms with van der Waals surface area (Å²) in [6.45, 7) is 3.50. The van der Waals surface area contributed by atoms with Crippen LogP contribution in [0.2, 0.25) is 0 Å². The number of thiophene rings is 1. The van der Waals surface area contributed by atoms with Gasteiger partial charge in [-0.3, -0.25) is 0 Å². The third-order valence-corrected chi connectivity index (χ3v) is 5.65. The summed E-state index contributed by atoms with van der Waals surface area (Å²) in [6.07, 6.45) is -3.61. The first kappa shape index (κ1) is 18.5. The molecule has 0 radical (unpaired) electrons. The summed E-state index contributed by atoms with van der Waals surface area (Å²) in [6, 6.07) is 8.18. The van der Waals surface area contributed by atoms with Crippen LogP contribution in [-0.4, -0.2) is 25.6 Å². The number of para-hydroxylation sites is 1. The van der Waals surface area contributed by atoms with Gasteiger partial charge in [-0.25, -0.2) is 8.42 Å². The van der Waals surface area contributed by atoms with Gasteiger partial charge in [0, 0.05) is 18.0 Å². The fraction of sp³-hybridized carbons (Fsp3) is 0.200. The first-order valence-electron chi connectivity index (χ1n) is 6.72. The lowest BCUT2D eigenvalue weighted by Gasteiger charge is -2.22. The predicted octanol–water partition coefficient (Wildman–Crippen LogP) is 4.02. The van der Waals surface area contributed by atoms with E-state index in [9.17, 15) is 21.6 Å². The van der Waals surface area contributed by atoms with Gasteiger partial charge < -0.3 is 4.74 Å². The van der Waals surface area contributed by atoms with Crippen molar-refractivity contribution in [2.75, 3.05) is 6.54 Å². The Balaban J connectivity index is 2.41. The van der Waals surface area contributed by atoms with E-state index in [0.29, 0.717) is 0 Å². The Morgan fingerprint density at radius 1 is 1.21 bits per heavy atom. The van der Waals surface area contributed by atoms with Crippen LogP contribution < -0.4 is 4.74 Å². The van der Waals surface area contributed by atoms with Crippen LogP contribution >= 0.6 is 11.3 Å². The van der Waals surface area contributed by atoms with Gasteiger partial charge in [0.25, 0.3) is 0 Å². The molecular formula is C15H14F3NO3S2. The van der Waals surface area contributed by atoms with Gasteiger partial charge in [-0.15, -0.1) is 31.1 Å². The molecule has 0 fully saturated rings. The molecule has 0 aliphatic rings. The van der Waals surface area contributed by atoms with Crippen molar-refractivity contribution in [2.45, 2.75) is 17.8 Å². The van der Waals surface area contributed by atoms with Gasteiger partial charge in [0.15, 0.2) is 0 Å².